The maximum Gasteiger partial charge on any atom is 0.298 e. The Kier molecular flexibility index (Phi) is 2.13. The molecule has 0 aliphatic heterocycles. The van der Waals surface area contributed by atoms with Gasteiger partial charge in [0.05, 0.1) is 5.02 Å². The first-order chi connectivity index (χ1) is 6.48. The van der Waals surface area contributed by atoms with E-state index in [0.717, 1.165) is 0 Å². The van der Waals surface area contributed by atoms with Crippen molar-refractivity contribution in [3.05, 3.63) is 23.4 Å². The van der Waals surface area contributed by atoms with Gasteiger partial charge in [0.15, 0.2) is 5.65 Å². The van der Waals surface area contributed by atoms with Crippen LogP contribution in [0.3, 0.4) is 0 Å². The molecule has 0 unspecified atom stereocenters. The van der Waals surface area contributed by atoms with E-state index in [2.05, 4.69) is 10.1 Å². The lowest BCUT2D eigenvalue weighted by Crippen LogP contribution is -1.93. The van der Waals surface area contributed by atoms with Gasteiger partial charge >= 0.3 is 0 Å². The molecule has 74 valence electrons. The van der Waals surface area contributed by atoms with Crippen LogP contribution in [0.15, 0.2) is 23.5 Å². The van der Waals surface area contributed by atoms with E-state index < -0.39 is 14.2 Å². The first kappa shape index (κ1) is 9.70. The zero-order chi connectivity index (χ0) is 10.3. The predicted octanol–water partition coefficient (Wildman–Crippen LogP) is 1.31. The Morgan fingerprint density at radius 1 is 1.43 bits per heavy atom. The Morgan fingerprint density at radius 2 is 2.14 bits per heavy atom. The second-order valence-electron chi connectivity index (χ2n) is 2.46. The molecule has 2 heterocycles. The third-order valence-electron chi connectivity index (χ3n) is 1.51. The van der Waals surface area contributed by atoms with Crippen molar-refractivity contribution in [2.75, 3.05) is 0 Å². The van der Waals surface area contributed by atoms with E-state index in [4.69, 9.17) is 22.3 Å². The largest absolute Gasteiger partial charge is 0.298 e. The fourth-order valence-corrected chi connectivity index (χ4v) is 1.74. The van der Waals surface area contributed by atoms with Gasteiger partial charge in [-0.15, -0.1) is 5.10 Å². The minimum atomic E-state index is -3.91. The van der Waals surface area contributed by atoms with Crippen molar-refractivity contribution < 1.29 is 8.42 Å². The highest BCUT2D eigenvalue weighted by Crippen LogP contribution is 2.17. The van der Waals surface area contributed by atoms with Crippen LogP contribution in [0.4, 0.5) is 0 Å². The Hall–Kier alpha value is -0.850. The molecule has 8 heteroatoms. The molecule has 2 aromatic rings. The molecule has 14 heavy (non-hydrogen) atoms. The zero-order valence-corrected chi connectivity index (χ0v) is 8.88. The van der Waals surface area contributed by atoms with Crippen molar-refractivity contribution >= 4 is 37.0 Å². The van der Waals surface area contributed by atoms with Crippen molar-refractivity contribution in [1.82, 2.24) is 14.6 Å². The molecule has 0 saturated carbocycles. The number of pyridine rings is 1. The van der Waals surface area contributed by atoms with Gasteiger partial charge in [-0.1, -0.05) is 11.6 Å². The van der Waals surface area contributed by atoms with Crippen molar-refractivity contribution in [2.24, 2.45) is 0 Å². The van der Waals surface area contributed by atoms with E-state index in [1.165, 1.54) is 10.7 Å². The Labute approximate surface area is 88.7 Å². The molecule has 0 N–H and O–H groups in total. The van der Waals surface area contributed by atoms with E-state index >= 15 is 0 Å². The van der Waals surface area contributed by atoms with Crippen LogP contribution in [-0.2, 0) is 9.05 Å². The monoisotopic (exact) mass is 251 g/mol. The lowest BCUT2D eigenvalue weighted by molar-refractivity contribution is 0.601. The molecule has 2 aromatic heterocycles. The lowest BCUT2D eigenvalue weighted by atomic mass is 10.5. The van der Waals surface area contributed by atoms with Crippen LogP contribution in [0, 0.1) is 0 Å². The molecular formula is C6H3Cl2N3O2S. The summed E-state index contributed by atoms with van der Waals surface area (Å²) in [5.41, 5.74) is 0.258. The molecule has 0 atom stereocenters. The molecule has 0 saturated heterocycles. The molecule has 0 bridgehead atoms. The average molecular weight is 252 g/mol. The molecule has 0 aliphatic carbocycles. The third kappa shape index (κ3) is 1.56. The SMILES string of the molecule is O=S(=O)(Cl)c1nc2c(Cl)cccn2n1. The smallest absolute Gasteiger partial charge is 0.218 e. The normalized spacial score (nSPS) is 12.1. The minimum absolute atomic E-state index is 0.258. The summed E-state index contributed by atoms with van der Waals surface area (Å²) in [5.74, 6) is 0. The van der Waals surface area contributed by atoms with Crippen molar-refractivity contribution in [3.8, 4) is 0 Å². The fraction of sp³-hybridized carbons (Fsp3) is 0. The van der Waals surface area contributed by atoms with Gasteiger partial charge in [-0.05, 0) is 12.1 Å². The number of fused-ring (bicyclic) bond motifs is 1. The summed E-state index contributed by atoms with van der Waals surface area (Å²) < 4.78 is 23.0. The van der Waals surface area contributed by atoms with Crippen LogP contribution in [0.5, 0.6) is 0 Å². The standard InChI is InChI=1S/C6H3Cl2N3O2S/c7-4-2-1-3-11-5(4)9-6(10-11)14(8,12)13/h1-3H. The van der Waals surface area contributed by atoms with Gasteiger partial charge in [0.25, 0.3) is 14.2 Å². The van der Waals surface area contributed by atoms with Crippen LogP contribution in [0.2, 0.25) is 5.02 Å². The van der Waals surface area contributed by atoms with Gasteiger partial charge in [0, 0.05) is 16.9 Å². The van der Waals surface area contributed by atoms with Crippen molar-refractivity contribution in [2.45, 2.75) is 5.16 Å². The fourth-order valence-electron chi connectivity index (χ4n) is 0.957. The van der Waals surface area contributed by atoms with Crippen LogP contribution in [0.25, 0.3) is 5.65 Å². The molecule has 0 spiro atoms. The highest BCUT2D eigenvalue weighted by Gasteiger charge is 2.17. The predicted molar refractivity (Wildman–Crippen MR) is 51.0 cm³/mol. The summed E-state index contributed by atoms with van der Waals surface area (Å²) in [7, 11) is 1.16. The molecule has 0 aliphatic rings. The van der Waals surface area contributed by atoms with Crippen LogP contribution >= 0.6 is 22.3 Å². The van der Waals surface area contributed by atoms with Gasteiger partial charge in [0.1, 0.15) is 0 Å². The summed E-state index contributed by atoms with van der Waals surface area (Å²) in [6.07, 6.45) is 1.53. The topological polar surface area (TPSA) is 64.3 Å². The molecule has 0 amide bonds. The molecule has 2 rings (SSSR count). The number of aromatic nitrogens is 3. The zero-order valence-electron chi connectivity index (χ0n) is 6.55. The average Bonchev–Trinajstić information content (AvgIpc) is 2.48. The van der Waals surface area contributed by atoms with E-state index in [0.29, 0.717) is 5.02 Å². The maximum atomic E-state index is 10.9. The van der Waals surface area contributed by atoms with Gasteiger partial charge in [-0.2, -0.15) is 4.98 Å². The van der Waals surface area contributed by atoms with Crippen LogP contribution < -0.4 is 0 Å². The van der Waals surface area contributed by atoms with E-state index in [1.807, 2.05) is 0 Å². The highest BCUT2D eigenvalue weighted by molar-refractivity contribution is 8.13. The Bertz CT molecular complexity index is 592. The van der Waals surface area contributed by atoms with Gasteiger partial charge in [0.2, 0.25) is 0 Å². The number of halogens is 2. The molecule has 0 fully saturated rings. The molecule has 0 radical (unpaired) electrons. The molecule has 5 nitrogen and oxygen atoms in total. The number of nitrogens with zero attached hydrogens (tertiary/aromatic N) is 3. The second kappa shape index (κ2) is 3.08. The van der Waals surface area contributed by atoms with Gasteiger partial charge < -0.3 is 0 Å². The summed E-state index contributed by atoms with van der Waals surface area (Å²) in [6.45, 7) is 0. The van der Waals surface area contributed by atoms with Gasteiger partial charge in [-0.25, -0.2) is 12.9 Å². The Balaban J connectivity index is 2.81. The van der Waals surface area contributed by atoms with E-state index in [9.17, 15) is 8.42 Å². The van der Waals surface area contributed by atoms with Crippen molar-refractivity contribution in [3.63, 3.8) is 0 Å². The van der Waals surface area contributed by atoms with E-state index in [1.54, 1.807) is 12.1 Å². The number of rotatable bonds is 1. The minimum Gasteiger partial charge on any atom is -0.218 e. The van der Waals surface area contributed by atoms with Crippen molar-refractivity contribution in [1.29, 1.82) is 0 Å². The van der Waals surface area contributed by atoms with E-state index in [-0.39, 0.29) is 5.65 Å². The summed E-state index contributed by atoms with van der Waals surface area (Å²) in [4.78, 5) is 3.68. The Morgan fingerprint density at radius 3 is 2.71 bits per heavy atom. The quantitative estimate of drug-likeness (QED) is 0.718. The van der Waals surface area contributed by atoms with Gasteiger partial charge in [-0.3, -0.25) is 0 Å². The summed E-state index contributed by atoms with van der Waals surface area (Å²) >= 11 is 5.76. The maximum absolute atomic E-state index is 10.9. The number of hydrogen-bond donors (Lipinski definition) is 0. The molecular weight excluding hydrogens is 249 g/mol. The number of hydrogen-bond acceptors (Lipinski definition) is 4. The van der Waals surface area contributed by atoms with Crippen LogP contribution in [0.1, 0.15) is 0 Å². The summed E-state index contributed by atoms with van der Waals surface area (Å²) in [6, 6.07) is 3.20. The summed E-state index contributed by atoms with van der Waals surface area (Å²) in [5, 5.41) is 3.51. The highest BCUT2D eigenvalue weighted by atomic mass is 35.7. The third-order valence-corrected chi connectivity index (χ3v) is 2.83. The first-order valence-electron chi connectivity index (χ1n) is 3.44. The first-order valence-corrected chi connectivity index (χ1v) is 6.13. The van der Waals surface area contributed by atoms with Crippen LogP contribution in [-0.4, -0.2) is 23.0 Å². The second-order valence-corrected chi connectivity index (χ2v) is 5.32. The molecule has 0 aromatic carbocycles. The lowest BCUT2D eigenvalue weighted by Gasteiger charge is -1.90.